The summed E-state index contributed by atoms with van der Waals surface area (Å²) in [6, 6.07) is 18.0. The van der Waals surface area contributed by atoms with Crippen molar-refractivity contribution in [2.24, 2.45) is 0 Å². The highest BCUT2D eigenvalue weighted by molar-refractivity contribution is 5.71. The lowest BCUT2D eigenvalue weighted by Crippen LogP contribution is -3.11. The van der Waals surface area contributed by atoms with Crippen molar-refractivity contribution in [1.82, 2.24) is 0 Å². The van der Waals surface area contributed by atoms with Gasteiger partial charge >= 0.3 is 5.97 Å². The minimum Gasteiger partial charge on any atom is -1.00 e. The third-order valence-corrected chi connectivity index (χ3v) is 4.27. The molecular weight excluding hydrogens is 350 g/mol. The minimum absolute atomic E-state index is 0. The molecule has 2 aromatic rings. The van der Waals surface area contributed by atoms with Crippen LogP contribution in [0.15, 0.2) is 54.6 Å². The summed E-state index contributed by atoms with van der Waals surface area (Å²) in [6.07, 6.45) is 0.775. The van der Waals surface area contributed by atoms with E-state index in [1.54, 1.807) is 0 Å². The van der Waals surface area contributed by atoms with Gasteiger partial charge in [-0.05, 0) is 31.0 Å². The van der Waals surface area contributed by atoms with E-state index in [2.05, 4.69) is 26.0 Å². The van der Waals surface area contributed by atoms with Gasteiger partial charge in [-0.15, -0.1) is 0 Å². The molecule has 0 heterocycles. The second-order valence-corrected chi connectivity index (χ2v) is 5.99. The Morgan fingerprint density at radius 1 is 0.962 bits per heavy atom. The number of ether oxygens (including phenoxy) is 2. The van der Waals surface area contributed by atoms with Gasteiger partial charge in [-0.1, -0.05) is 48.5 Å². The smallest absolute Gasteiger partial charge is 0.344 e. The molecule has 0 amide bonds. The van der Waals surface area contributed by atoms with E-state index in [0.717, 1.165) is 37.4 Å². The van der Waals surface area contributed by atoms with Gasteiger partial charge in [0.15, 0.2) is 6.61 Å². The SMILES string of the molecule is CC[NH+](CC)CCOC(=O)COc1ccccc1Cc1ccccc1.[Cl-]. The van der Waals surface area contributed by atoms with Crippen LogP contribution in [-0.4, -0.2) is 38.8 Å². The van der Waals surface area contributed by atoms with Crippen LogP contribution in [0.1, 0.15) is 25.0 Å². The number of hydrogen-bond acceptors (Lipinski definition) is 3. The van der Waals surface area contributed by atoms with Crippen LogP contribution in [0.3, 0.4) is 0 Å². The van der Waals surface area contributed by atoms with Crippen molar-refractivity contribution in [3.63, 3.8) is 0 Å². The first kappa shape index (κ1) is 22.0. The number of esters is 1. The van der Waals surface area contributed by atoms with Crippen LogP contribution >= 0.6 is 0 Å². The largest absolute Gasteiger partial charge is 1.00 e. The maximum absolute atomic E-state index is 11.9. The van der Waals surface area contributed by atoms with Gasteiger partial charge in [-0.3, -0.25) is 0 Å². The molecule has 0 aliphatic heterocycles. The number of para-hydroxylation sites is 1. The van der Waals surface area contributed by atoms with Gasteiger partial charge in [0.05, 0.1) is 13.1 Å². The minimum atomic E-state index is -0.318. The normalized spacial score (nSPS) is 10.3. The Balaban J connectivity index is 0.00000338. The molecule has 0 unspecified atom stereocenters. The molecule has 0 atom stereocenters. The predicted molar refractivity (Wildman–Crippen MR) is 99.1 cm³/mol. The number of carbonyl (C=O) groups excluding carboxylic acids is 1. The molecule has 26 heavy (non-hydrogen) atoms. The summed E-state index contributed by atoms with van der Waals surface area (Å²) in [4.78, 5) is 13.3. The lowest BCUT2D eigenvalue weighted by molar-refractivity contribution is -0.896. The Kier molecular flexibility index (Phi) is 10.4. The summed E-state index contributed by atoms with van der Waals surface area (Å²) < 4.78 is 11.0. The van der Waals surface area contributed by atoms with E-state index in [4.69, 9.17) is 9.47 Å². The van der Waals surface area contributed by atoms with Gasteiger partial charge in [-0.25, -0.2) is 4.79 Å². The van der Waals surface area contributed by atoms with Gasteiger partial charge in [0.25, 0.3) is 0 Å². The molecule has 0 saturated carbocycles. The number of nitrogens with one attached hydrogen (secondary N) is 1. The average molecular weight is 378 g/mol. The highest BCUT2D eigenvalue weighted by atomic mass is 35.5. The van der Waals surface area contributed by atoms with E-state index in [0.29, 0.717) is 6.61 Å². The molecule has 0 aliphatic rings. The van der Waals surface area contributed by atoms with E-state index >= 15 is 0 Å². The lowest BCUT2D eigenvalue weighted by Gasteiger charge is -2.15. The maximum atomic E-state index is 11.9. The lowest BCUT2D eigenvalue weighted by atomic mass is 10.0. The first-order valence-electron chi connectivity index (χ1n) is 8.96. The summed E-state index contributed by atoms with van der Waals surface area (Å²) in [6.45, 7) is 7.56. The predicted octanol–water partition coefficient (Wildman–Crippen LogP) is -0.872. The monoisotopic (exact) mass is 377 g/mol. The van der Waals surface area contributed by atoms with E-state index in [9.17, 15) is 4.79 Å². The van der Waals surface area contributed by atoms with E-state index in [-0.39, 0.29) is 25.0 Å². The quantitative estimate of drug-likeness (QED) is 0.547. The van der Waals surface area contributed by atoms with Crippen LogP contribution in [0.5, 0.6) is 5.75 Å². The zero-order chi connectivity index (χ0) is 17.9. The van der Waals surface area contributed by atoms with E-state index in [1.807, 2.05) is 42.5 Å². The Morgan fingerprint density at radius 3 is 2.31 bits per heavy atom. The summed E-state index contributed by atoms with van der Waals surface area (Å²) in [5, 5.41) is 0. The van der Waals surface area contributed by atoms with Crippen molar-refractivity contribution in [3.8, 4) is 5.75 Å². The number of hydrogen-bond donors (Lipinski definition) is 1. The van der Waals surface area contributed by atoms with Crippen molar-refractivity contribution >= 4 is 5.97 Å². The summed E-state index contributed by atoms with van der Waals surface area (Å²) in [5.74, 6) is 0.416. The van der Waals surface area contributed by atoms with Crippen LogP contribution in [0.25, 0.3) is 0 Å². The van der Waals surface area contributed by atoms with Crippen molar-refractivity contribution in [2.75, 3.05) is 32.8 Å². The van der Waals surface area contributed by atoms with Crippen molar-refractivity contribution in [3.05, 3.63) is 65.7 Å². The Morgan fingerprint density at radius 2 is 1.62 bits per heavy atom. The molecule has 0 radical (unpaired) electrons. The van der Waals surface area contributed by atoms with Gasteiger partial charge in [0, 0.05) is 6.42 Å². The van der Waals surface area contributed by atoms with Crippen molar-refractivity contribution in [2.45, 2.75) is 20.3 Å². The molecule has 2 aromatic carbocycles. The molecule has 4 nitrogen and oxygen atoms in total. The van der Waals surface area contributed by atoms with E-state index < -0.39 is 0 Å². The molecule has 0 fully saturated rings. The maximum Gasteiger partial charge on any atom is 0.344 e. The molecule has 0 aromatic heterocycles. The fourth-order valence-electron chi connectivity index (χ4n) is 2.70. The Hall–Kier alpha value is -2.04. The van der Waals surface area contributed by atoms with Gasteiger partial charge in [0.1, 0.15) is 18.9 Å². The summed E-state index contributed by atoms with van der Waals surface area (Å²) >= 11 is 0. The first-order chi connectivity index (χ1) is 12.2. The van der Waals surface area contributed by atoms with Gasteiger partial charge in [-0.2, -0.15) is 0 Å². The first-order valence-corrected chi connectivity index (χ1v) is 8.96. The van der Waals surface area contributed by atoms with Crippen LogP contribution < -0.4 is 22.0 Å². The van der Waals surface area contributed by atoms with Gasteiger partial charge < -0.3 is 26.8 Å². The molecule has 0 bridgehead atoms. The Labute approximate surface area is 162 Å². The van der Waals surface area contributed by atoms with Crippen molar-refractivity contribution in [1.29, 1.82) is 0 Å². The molecule has 0 spiro atoms. The van der Waals surface area contributed by atoms with E-state index in [1.165, 1.54) is 10.5 Å². The standard InChI is InChI=1S/C21H27NO3.ClH/c1-3-22(4-2)14-15-24-21(23)17-25-20-13-9-8-12-19(20)16-18-10-6-5-7-11-18;/h5-13H,3-4,14-17H2,1-2H3;1H. The average Bonchev–Trinajstić information content (AvgIpc) is 2.65. The molecule has 1 N–H and O–H groups in total. The molecule has 0 saturated heterocycles. The third-order valence-electron chi connectivity index (χ3n) is 4.27. The summed E-state index contributed by atoms with van der Waals surface area (Å²) in [7, 11) is 0. The fraction of sp³-hybridized carbons (Fsp3) is 0.381. The van der Waals surface area contributed by atoms with Crippen LogP contribution in [0, 0.1) is 0 Å². The highest BCUT2D eigenvalue weighted by Crippen LogP contribution is 2.21. The second kappa shape index (κ2) is 12.3. The third kappa shape index (κ3) is 7.46. The van der Waals surface area contributed by atoms with Gasteiger partial charge in [0.2, 0.25) is 0 Å². The number of benzene rings is 2. The number of carbonyl (C=O) groups is 1. The van der Waals surface area contributed by atoms with Crippen molar-refractivity contribution < 1.29 is 31.6 Å². The van der Waals surface area contributed by atoms with Crippen LogP contribution in [0.4, 0.5) is 0 Å². The molecule has 5 heteroatoms. The molecular formula is C21H28ClNO3. The number of halogens is 1. The van der Waals surface area contributed by atoms with Crippen LogP contribution in [0.2, 0.25) is 0 Å². The molecule has 2 rings (SSSR count). The molecule has 0 aliphatic carbocycles. The highest BCUT2D eigenvalue weighted by Gasteiger charge is 2.10. The number of quaternary nitrogens is 1. The van der Waals surface area contributed by atoms with Crippen LogP contribution in [-0.2, 0) is 16.0 Å². The summed E-state index contributed by atoms with van der Waals surface area (Å²) in [5.41, 5.74) is 2.28. The Bertz CT molecular complexity index is 645. The number of rotatable bonds is 10. The second-order valence-electron chi connectivity index (χ2n) is 5.99. The zero-order valence-corrected chi connectivity index (χ0v) is 16.3. The molecule has 142 valence electrons. The number of likely N-dealkylation sites (N-methyl/N-ethyl adjacent to an activating group) is 1. The topological polar surface area (TPSA) is 40.0 Å². The fourth-order valence-corrected chi connectivity index (χ4v) is 2.70. The zero-order valence-electron chi connectivity index (χ0n) is 15.5.